The third-order valence-corrected chi connectivity index (χ3v) is 4.57. The lowest BCUT2D eigenvalue weighted by molar-refractivity contribution is 0.124. The second-order valence-electron chi connectivity index (χ2n) is 4.94. The van der Waals surface area contributed by atoms with Gasteiger partial charge in [-0.25, -0.2) is 0 Å². The number of hydrogen-bond acceptors (Lipinski definition) is 6. The summed E-state index contributed by atoms with van der Waals surface area (Å²) in [5.41, 5.74) is 0. The molecule has 1 fully saturated rings. The van der Waals surface area contributed by atoms with Gasteiger partial charge in [0, 0.05) is 12.6 Å². The van der Waals surface area contributed by atoms with E-state index >= 15 is 0 Å². The third kappa shape index (κ3) is 3.40. The minimum absolute atomic E-state index is 0.337. The predicted octanol–water partition coefficient (Wildman–Crippen LogP) is 1.53. The van der Waals surface area contributed by atoms with Gasteiger partial charge >= 0.3 is 0 Å². The van der Waals surface area contributed by atoms with Gasteiger partial charge in [0.25, 0.3) is 5.19 Å². The monoisotopic (exact) mass is 271 g/mol. The SMILES string of the molecule is COc1nnc(CN(C)C2CCC(CO)CC2)s1. The molecule has 1 aromatic rings. The molecule has 0 saturated heterocycles. The van der Waals surface area contributed by atoms with Crippen molar-refractivity contribution in [1.29, 1.82) is 0 Å². The van der Waals surface area contributed by atoms with Crippen LogP contribution in [-0.2, 0) is 6.54 Å². The topological polar surface area (TPSA) is 58.5 Å². The lowest BCUT2D eigenvalue weighted by Crippen LogP contribution is -2.35. The molecule has 18 heavy (non-hydrogen) atoms. The Morgan fingerprint density at radius 3 is 2.61 bits per heavy atom. The molecule has 1 heterocycles. The van der Waals surface area contributed by atoms with Gasteiger partial charge in [0.1, 0.15) is 5.01 Å². The van der Waals surface area contributed by atoms with Crippen molar-refractivity contribution in [3.05, 3.63) is 5.01 Å². The summed E-state index contributed by atoms with van der Waals surface area (Å²) in [5.74, 6) is 0.510. The molecule has 2 rings (SSSR count). The maximum Gasteiger partial charge on any atom is 0.293 e. The second-order valence-corrected chi connectivity index (χ2v) is 5.96. The molecule has 0 spiro atoms. The van der Waals surface area contributed by atoms with Gasteiger partial charge in [0.2, 0.25) is 0 Å². The fraction of sp³-hybridized carbons (Fsp3) is 0.833. The number of methoxy groups -OCH3 is 1. The molecule has 0 radical (unpaired) electrons. The molecule has 0 amide bonds. The Morgan fingerprint density at radius 2 is 2.06 bits per heavy atom. The summed E-state index contributed by atoms with van der Waals surface area (Å²) >= 11 is 1.50. The highest BCUT2D eigenvalue weighted by atomic mass is 32.1. The Labute approximate surface area is 112 Å². The number of aliphatic hydroxyl groups excluding tert-OH is 1. The summed E-state index contributed by atoms with van der Waals surface area (Å²) in [4.78, 5) is 2.34. The van der Waals surface area contributed by atoms with E-state index in [1.807, 2.05) is 0 Å². The van der Waals surface area contributed by atoms with Crippen LogP contribution in [0.2, 0.25) is 0 Å². The van der Waals surface area contributed by atoms with Gasteiger partial charge in [-0.1, -0.05) is 11.3 Å². The van der Waals surface area contributed by atoms with E-state index in [1.54, 1.807) is 7.11 Å². The summed E-state index contributed by atoms with van der Waals surface area (Å²) in [5, 5.41) is 18.8. The van der Waals surface area contributed by atoms with Gasteiger partial charge in [-0.2, -0.15) is 0 Å². The minimum atomic E-state index is 0.337. The van der Waals surface area contributed by atoms with E-state index in [2.05, 4.69) is 22.1 Å². The number of aromatic nitrogens is 2. The van der Waals surface area contributed by atoms with Crippen molar-refractivity contribution in [2.45, 2.75) is 38.3 Å². The first-order valence-corrected chi connectivity index (χ1v) is 7.22. The molecule has 6 heteroatoms. The zero-order valence-electron chi connectivity index (χ0n) is 11.0. The molecule has 1 saturated carbocycles. The summed E-state index contributed by atoms with van der Waals surface area (Å²) in [6.07, 6.45) is 4.59. The van der Waals surface area contributed by atoms with Crippen molar-refractivity contribution in [2.75, 3.05) is 20.8 Å². The van der Waals surface area contributed by atoms with Crippen LogP contribution in [-0.4, -0.2) is 47.0 Å². The number of nitrogens with zero attached hydrogens (tertiary/aromatic N) is 3. The molecule has 5 nitrogen and oxygen atoms in total. The first-order valence-electron chi connectivity index (χ1n) is 6.40. The molecule has 1 aromatic heterocycles. The Hall–Kier alpha value is -0.720. The van der Waals surface area contributed by atoms with Gasteiger partial charge in [0.15, 0.2) is 0 Å². The third-order valence-electron chi connectivity index (χ3n) is 3.71. The molecule has 0 atom stereocenters. The van der Waals surface area contributed by atoms with Crippen LogP contribution in [0, 0.1) is 5.92 Å². The standard InChI is InChI=1S/C12H21N3O2S/c1-15(7-11-13-14-12(17-2)18-11)10-5-3-9(8-16)4-6-10/h9-10,16H,3-8H2,1-2H3. The zero-order chi connectivity index (χ0) is 13.0. The molecule has 1 aliphatic carbocycles. The van der Waals surface area contributed by atoms with E-state index in [9.17, 15) is 0 Å². The van der Waals surface area contributed by atoms with Crippen LogP contribution in [0.4, 0.5) is 0 Å². The van der Waals surface area contributed by atoms with E-state index < -0.39 is 0 Å². The van der Waals surface area contributed by atoms with Gasteiger partial charge in [-0.15, -0.1) is 10.2 Å². The van der Waals surface area contributed by atoms with Crippen molar-refractivity contribution in [3.8, 4) is 5.19 Å². The lowest BCUT2D eigenvalue weighted by Gasteiger charge is -2.33. The molecular weight excluding hydrogens is 250 g/mol. The maximum atomic E-state index is 9.14. The average molecular weight is 271 g/mol. The van der Waals surface area contributed by atoms with Gasteiger partial charge < -0.3 is 9.84 Å². The van der Waals surface area contributed by atoms with Crippen LogP contribution in [0.3, 0.4) is 0 Å². The Bertz CT molecular complexity index is 364. The highest BCUT2D eigenvalue weighted by Gasteiger charge is 2.24. The van der Waals surface area contributed by atoms with Crippen LogP contribution in [0.25, 0.3) is 0 Å². The number of ether oxygens (including phenoxy) is 1. The molecule has 1 aliphatic rings. The Balaban J connectivity index is 1.82. The molecule has 0 unspecified atom stereocenters. The van der Waals surface area contributed by atoms with Crippen molar-refractivity contribution in [2.24, 2.45) is 5.92 Å². The van der Waals surface area contributed by atoms with E-state index in [1.165, 1.54) is 11.3 Å². The highest BCUT2D eigenvalue weighted by molar-refractivity contribution is 7.13. The normalized spacial score (nSPS) is 24.4. The summed E-state index contributed by atoms with van der Waals surface area (Å²) in [7, 11) is 3.75. The minimum Gasteiger partial charge on any atom is -0.472 e. The molecule has 0 aliphatic heterocycles. The molecule has 0 aromatic carbocycles. The molecular formula is C12H21N3O2S. The Morgan fingerprint density at radius 1 is 1.33 bits per heavy atom. The van der Waals surface area contributed by atoms with Gasteiger partial charge in [-0.3, -0.25) is 4.90 Å². The van der Waals surface area contributed by atoms with Crippen LogP contribution in [0.15, 0.2) is 0 Å². The van der Waals surface area contributed by atoms with E-state index in [-0.39, 0.29) is 0 Å². The number of aliphatic hydroxyl groups is 1. The van der Waals surface area contributed by atoms with E-state index in [4.69, 9.17) is 9.84 Å². The smallest absolute Gasteiger partial charge is 0.293 e. The zero-order valence-corrected chi connectivity index (χ0v) is 11.8. The van der Waals surface area contributed by atoms with Crippen LogP contribution in [0.1, 0.15) is 30.7 Å². The van der Waals surface area contributed by atoms with Crippen molar-refractivity contribution < 1.29 is 9.84 Å². The highest BCUT2D eigenvalue weighted by Crippen LogP contribution is 2.28. The van der Waals surface area contributed by atoms with Crippen molar-refractivity contribution in [3.63, 3.8) is 0 Å². The van der Waals surface area contributed by atoms with Crippen LogP contribution < -0.4 is 4.74 Å². The molecule has 0 bridgehead atoms. The second kappa shape index (κ2) is 6.45. The summed E-state index contributed by atoms with van der Waals surface area (Å²) in [6, 6.07) is 0.600. The molecule has 102 valence electrons. The number of rotatable bonds is 5. The number of hydrogen-bond donors (Lipinski definition) is 1. The first kappa shape index (κ1) is 13.7. The maximum absolute atomic E-state index is 9.14. The average Bonchev–Trinajstić information content (AvgIpc) is 2.86. The van der Waals surface area contributed by atoms with E-state index in [0.717, 1.165) is 37.2 Å². The summed E-state index contributed by atoms with van der Waals surface area (Å²) < 4.78 is 5.05. The van der Waals surface area contributed by atoms with Gasteiger partial charge in [-0.05, 0) is 38.6 Å². The van der Waals surface area contributed by atoms with Crippen molar-refractivity contribution in [1.82, 2.24) is 15.1 Å². The first-order chi connectivity index (χ1) is 8.72. The Kier molecular flexibility index (Phi) is 4.91. The summed E-state index contributed by atoms with van der Waals surface area (Å²) in [6.45, 7) is 1.17. The van der Waals surface area contributed by atoms with Crippen LogP contribution >= 0.6 is 11.3 Å². The van der Waals surface area contributed by atoms with E-state index in [0.29, 0.717) is 23.8 Å². The predicted molar refractivity (Wildman–Crippen MR) is 70.8 cm³/mol. The van der Waals surface area contributed by atoms with Gasteiger partial charge in [0.05, 0.1) is 13.7 Å². The van der Waals surface area contributed by atoms with Crippen molar-refractivity contribution >= 4 is 11.3 Å². The quantitative estimate of drug-likeness (QED) is 0.880. The molecule has 1 N–H and O–H groups in total. The fourth-order valence-electron chi connectivity index (χ4n) is 2.50. The fourth-order valence-corrected chi connectivity index (χ4v) is 3.21. The van der Waals surface area contributed by atoms with Crippen LogP contribution in [0.5, 0.6) is 5.19 Å². The largest absolute Gasteiger partial charge is 0.472 e. The lowest BCUT2D eigenvalue weighted by atomic mass is 9.86.